The maximum atomic E-state index is 13.0. The molecule has 1 N–H and O–H groups in total. The molecule has 1 fully saturated rings. The van der Waals surface area contributed by atoms with Gasteiger partial charge in [-0.2, -0.15) is 18.3 Å². The number of furan rings is 1. The van der Waals surface area contributed by atoms with E-state index in [-0.39, 0.29) is 33.3 Å². The lowest BCUT2D eigenvalue weighted by Gasteiger charge is -2.08. The SMILES string of the molecule is Cc1ccc(CC2S/C(=N/N=C/c3ccc(-c4cc(C(F)(F)F)ccc4Cl)o3)NC2=O)cc1. The number of halogens is 4. The van der Waals surface area contributed by atoms with Gasteiger partial charge in [-0.25, -0.2) is 0 Å². The monoisotopic (exact) mass is 491 g/mol. The van der Waals surface area contributed by atoms with Crippen LogP contribution < -0.4 is 5.32 Å². The van der Waals surface area contributed by atoms with E-state index in [1.54, 1.807) is 0 Å². The number of nitrogens with zero attached hydrogens (tertiary/aromatic N) is 2. The predicted molar refractivity (Wildman–Crippen MR) is 124 cm³/mol. The number of amides is 1. The molecule has 170 valence electrons. The summed E-state index contributed by atoms with van der Waals surface area (Å²) in [5.41, 5.74) is 1.49. The number of hydrogen-bond donors (Lipinski definition) is 1. The van der Waals surface area contributed by atoms with Gasteiger partial charge in [0.1, 0.15) is 11.5 Å². The van der Waals surface area contributed by atoms with E-state index in [1.807, 2.05) is 31.2 Å². The Kier molecular flexibility index (Phi) is 6.62. The zero-order valence-electron chi connectivity index (χ0n) is 17.2. The Morgan fingerprint density at radius 1 is 1.15 bits per heavy atom. The summed E-state index contributed by atoms with van der Waals surface area (Å²) in [5, 5.41) is 10.8. The van der Waals surface area contributed by atoms with Crippen LogP contribution in [0.25, 0.3) is 11.3 Å². The van der Waals surface area contributed by atoms with Crippen molar-refractivity contribution in [1.82, 2.24) is 5.32 Å². The van der Waals surface area contributed by atoms with Gasteiger partial charge >= 0.3 is 6.18 Å². The van der Waals surface area contributed by atoms with Crippen molar-refractivity contribution in [2.24, 2.45) is 10.2 Å². The fraction of sp³-hybridized carbons (Fsp3) is 0.174. The minimum Gasteiger partial charge on any atom is -0.455 e. The minimum absolute atomic E-state index is 0.120. The number of aryl methyl sites for hydroxylation is 1. The molecule has 10 heteroatoms. The van der Waals surface area contributed by atoms with E-state index in [9.17, 15) is 18.0 Å². The Labute approximate surface area is 196 Å². The third-order valence-corrected chi connectivity index (χ3v) is 6.24. The summed E-state index contributed by atoms with van der Waals surface area (Å²) in [6.07, 6.45) is -2.62. The van der Waals surface area contributed by atoms with Crippen molar-refractivity contribution in [3.05, 3.63) is 82.1 Å². The highest BCUT2D eigenvalue weighted by Crippen LogP contribution is 2.36. The molecule has 1 saturated heterocycles. The number of thioether (sulfide) groups is 1. The third kappa shape index (κ3) is 5.66. The van der Waals surface area contributed by atoms with Gasteiger partial charge in [0.2, 0.25) is 5.91 Å². The summed E-state index contributed by atoms with van der Waals surface area (Å²) in [6.45, 7) is 2.00. The first kappa shape index (κ1) is 23.1. The fourth-order valence-electron chi connectivity index (χ4n) is 3.12. The maximum Gasteiger partial charge on any atom is 0.416 e. The van der Waals surface area contributed by atoms with E-state index >= 15 is 0 Å². The standard InChI is InChI=1S/C23H17ClF3N3O2S/c1-13-2-4-14(5-3-13)10-20-21(31)29-22(33-20)30-28-12-16-7-9-19(32-16)17-11-15(23(25,26)27)6-8-18(17)24/h2-9,11-12,20H,10H2,1H3,(H,29,30,31)/b28-12+. The molecule has 4 rings (SSSR count). The Balaban J connectivity index is 1.43. The summed E-state index contributed by atoms with van der Waals surface area (Å²) in [5.74, 6) is 0.296. The Morgan fingerprint density at radius 2 is 1.91 bits per heavy atom. The highest BCUT2D eigenvalue weighted by Gasteiger charge is 2.32. The molecule has 1 aromatic heterocycles. The van der Waals surface area contributed by atoms with Gasteiger partial charge < -0.3 is 9.73 Å². The zero-order valence-corrected chi connectivity index (χ0v) is 18.8. The number of hydrogen-bond acceptors (Lipinski definition) is 5. The van der Waals surface area contributed by atoms with Gasteiger partial charge in [0.15, 0.2) is 5.17 Å². The summed E-state index contributed by atoms with van der Waals surface area (Å²) in [7, 11) is 0. The van der Waals surface area contributed by atoms with Crippen LogP contribution in [0.5, 0.6) is 0 Å². The summed E-state index contributed by atoms with van der Waals surface area (Å²) in [6, 6.07) is 14.0. The fourth-order valence-corrected chi connectivity index (χ4v) is 4.30. The summed E-state index contributed by atoms with van der Waals surface area (Å²) in [4.78, 5) is 12.2. The normalized spacial score (nSPS) is 17.8. The zero-order chi connectivity index (χ0) is 23.6. The van der Waals surface area contributed by atoms with Crippen molar-refractivity contribution in [3.63, 3.8) is 0 Å². The van der Waals surface area contributed by atoms with Gasteiger partial charge in [-0.1, -0.05) is 53.2 Å². The lowest BCUT2D eigenvalue weighted by Crippen LogP contribution is -2.25. The van der Waals surface area contributed by atoms with Crippen LogP contribution in [0.4, 0.5) is 13.2 Å². The minimum atomic E-state index is -4.49. The summed E-state index contributed by atoms with van der Waals surface area (Å²) >= 11 is 7.33. The molecule has 1 aliphatic rings. The molecule has 0 saturated carbocycles. The lowest BCUT2D eigenvalue weighted by atomic mass is 10.1. The Morgan fingerprint density at radius 3 is 2.64 bits per heavy atom. The molecule has 3 aromatic rings. The highest BCUT2D eigenvalue weighted by molar-refractivity contribution is 8.15. The van der Waals surface area contributed by atoms with Gasteiger partial charge in [0.25, 0.3) is 0 Å². The van der Waals surface area contributed by atoms with E-state index in [4.69, 9.17) is 16.0 Å². The Hall–Kier alpha value is -3.04. The van der Waals surface area contributed by atoms with E-state index in [0.717, 1.165) is 23.3 Å². The average molecular weight is 492 g/mol. The van der Waals surface area contributed by atoms with Crippen molar-refractivity contribution in [2.75, 3.05) is 0 Å². The maximum absolute atomic E-state index is 13.0. The number of alkyl halides is 3. The van der Waals surface area contributed by atoms with Crippen LogP contribution in [0.15, 0.2) is 69.2 Å². The second-order valence-electron chi connectivity index (χ2n) is 7.33. The molecule has 1 aliphatic heterocycles. The molecular formula is C23H17ClF3N3O2S. The first-order valence-corrected chi connectivity index (χ1v) is 11.1. The van der Waals surface area contributed by atoms with Gasteiger partial charge in [0, 0.05) is 5.56 Å². The van der Waals surface area contributed by atoms with Gasteiger partial charge in [-0.3, -0.25) is 4.79 Å². The quantitative estimate of drug-likeness (QED) is 0.347. The van der Waals surface area contributed by atoms with Crippen molar-refractivity contribution < 1.29 is 22.4 Å². The molecule has 2 aromatic carbocycles. The van der Waals surface area contributed by atoms with Crippen LogP contribution in [-0.4, -0.2) is 22.5 Å². The largest absolute Gasteiger partial charge is 0.455 e. The molecule has 5 nitrogen and oxygen atoms in total. The first-order chi connectivity index (χ1) is 15.7. The molecule has 0 spiro atoms. The van der Waals surface area contributed by atoms with E-state index in [0.29, 0.717) is 11.6 Å². The van der Waals surface area contributed by atoms with E-state index < -0.39 is 11.7 Å². The molecule has 0 bridgehead atoms. The number of amidine groups is 1. The summed E-state index contributed by atoms with van der Waals surface area (Å²) < 4.78 is 44.5. The van der Waals surface area contributed by atoms with Crippen LogP contribution in [0.3, 0.4) is 0 Å². The van der Waals surface area contributed by atoms with Crippen molar-refractivity contribution >= 4 is 40.7 Å². The highest BCUT2D eigenvalue weighted by atomic mass is 35.5. The Bertz CT molecular complexity index is 1240. The molecule has 33 heavy (non-hydrogen) atoms. The number of carbonyl (C=O) groups is 1. The van der Waals surface area contributed by atoms with Gasteiger partial charge in [-0.15, -0.1) is 5.10 Å². The van der Waals surface area contributed by atoms with Crippen molar-refractivity contribution in [3.8, 4) is 11.3 Å². The number of carbonyl (C=O) groups excluding carboxylic acids is 1. The van der Waals surface area contributed by atoms with Gasteiger partial charge in [0.05, 0.1) is 22.1 Å². The molecule has 1 amide bonds. The number of nitrogens with one attached hydrogen (secondary N) is 1. The van der Waals surface area contributed by atoms with Crippen LogP contribution in [-0.2, 0) is 17.4 Å². The molecule has 1 atom stereocenters. The second kappa shape index (κ2) is 9.44. The topological polar surface area (TPSA) is 67.0 Å². The smallest absolute Gasteiger partial charge is 0.416 e. The van der Waals surface area contributed by atoms with Gasteiger partial charge in [-0.05, 0) is 49.2 Å². The van der Waals surface area contributed by atoms with Crippen molar-refractivity contribution in [2.45, 2.75) is 24.8 Å². The van der Waals surface area contributed by atoms with Crippen LogP contribution in [0.2, 0.25) is 5.02 Å². The van der Waals surface area contributed by atoms with Crippen LogP contribution in [0, 0.1) is 6.92 Å². The van der Waals surface area contributed by atoms with E-state index in [1.165, 1.54) is 36.2 Å². The average Bonchev–Trinajstić information content (AvgIpc) is 3.36. The number of benzene rings is 2. The molecule has 1 unspecified atom stereocenters. The molecule has 0 aliphatic carbocycles. The lowest BCUT2D eigenvalue weighted by molar-refractivity contribution is -0.137. The molecule has 2 heterocycles. The predicted octanol–water partition coefficient (Wildman–Crippen LogP) is 6.09. The van der Waals surface area contributed by atoms with Crippen LogP contribution >= 0.6 is 23.4 Å². The molecule has 0 radical (unpaired) electrons. The van der Waals surface area contributed by atoms with Crippen LogP contribution in [0.1, 0.15) is 22.5 Å². The van der Waals surface area contributed by atoms with Crippen molar-refractivity contribution in [1.29, 1.82) is 0 Å². The number of rotatable bonds is 5. The second-order valence-corrected chi connectivity index (χ2v) is 8.93. The molecular weight excluding hydrogens is 475 g/mol. The third-order valence-electron chi connectivity index (χ3n) is 4.84. The van der Waals surface area contributed by atoms with E-state index in [2.05, 4.69) is 15.5 Å². The first-order valence-electron chi connectivity index (χ1n) is 9.80.